The van der Waals surface area contributed by atoms with Crippen molar-refractivity contribution in [3.05, 3.63) is 12.2 Å². The lowest BCUT2D eigenvalue weighted by atomic mass is 10.1. The van der Waals surface area contributed by atoms with Gasteiger partial charge in [0.05, 0.1) is 0 Å². The first kappa shape index (κ1) is 35.8. The zero-order valence-corrected chi connectivity index (χ0v) is 25.2. The van der Waals surface area contributed by atoms with Crippen LogP contribution in [0.5, 0.6) is 0 Å². The molecule has 0 fully saturated rings. The molecule has 37 heavy (non-hydrogen) atoms. The summed E-state index contributed by atoms with van der Waals surface area (Å²) in [4.78, 5) is 0. The third-order valence-electron chi connectivity index (χ3n) is 6.29. The largest absolute Gasteiger partial charge is 0.459 e. The van der Waals surface area contributed by atoms with Crippen LogP contribution in [0.3, 0.4) is 0 Å². The Kier molecular flexibility index (Phi) is 14.3. The number of halogens is 7. The Labute approximate surface area is 221 Å². The van der Waals surface area contributed by atoms with Crippen LogP contribution in [0, 0.1) is 23.8 Å². The van der Waals surface area contributed by atoms with E-state index in [0.717, 1.165) is 38.5 Å². The molecule has 0 aromatic carbocycles. The van der Waals surface area contributed by atoms with Crippen molar-refractivity contribution in [3.8, 4) is 23.8 Å². The van der Waals surface area contributed by atoms with Crippen LogP contribution in [0.2, 0.25) is 36.8 Å². The summed E-state index contributed by atoms with van der Waals surface area (Å²) in [5.41, 5.74) is 2.58. The summed E-state index contributed by atoms with van der Waals surface area (Å²) in [6.45, 7) is 13.1. The van der Waals surface area contributed by atoms with E-state index >= 15 is 0 Å². The van der Waals surface area contributed by atoms with Crippen molar-refractivity contribution in [1.29, 1.82) is 0 Å². The van der Waals surface area contributed by atoms with Crippen molar-refractivity contribution >= 4 is 16.4 Å². The first-order valence-electron chi connectivity index (χ1n) is 12.9. The van der Waals surface area contributed by atoms with E-state index < -0.39 is 53.0 Å². The van der Waals surface area contributed by atoms with E-state index in [1.165, 1.54) is 0 Å². The number of terminal acetylenes is 1. The summed E-state index contributed by atoms with van der Waals surface area (Å²) in [6, 6.07) is -0.546. The van der Waals surface area contributed by atoms with E-state index in [4.69, 9.17) is 10.8 Å². The minimum Gasteiger partial charge on any atom is -0.399 e. The lowest BCUT2D eigenvalue weighted by Crippen LogP contribution is -2.54. The fourth-order valence-electron chi connectivity index (χ4n) is 4.00. The smallest absolute Gasteiger partial charge is 0.399 e. The molecule has 0 aromatic heterocycles. The molecule has 0 heterocycles. The van der Waals surface area contributed by atoms with Gasteiger partial charge in [-0.3, -0.25) is 0 Å². The maximum Gasteiger partial charge on any atom is 0.459 e. The van der Waals surface area contributed by atoms with Crippen molar-refractivity contribution < 1.29 is 35.2 Å². The highest BCUT2D eigenvalue weighted by Gasteiger charge is 2.72. The van der Waals surface area contributed by atoms with Crippen molar-refractivity contribution in [3.63, 3.8) is 0 Å². The van der Waals surface area contributed by atoms with Crippen LogP contribution in [0.15, 0.2) is 12.2 Å². The van der Waals surface area contributed by atoms with Gasteiger partial charge in [0.15, 0.2) is 8.32 Å². The number of unbranched alkanes of at least 4 members (excludes halogenated alkanes) is 5. The summed E-state index contributed by atoms with van der Waals surface area (Å²) in [6.07, 6.45) is 5.61. The monoisotopic (exact) mass is 572 g/mol. The Morgan fingerprint density at radius 3 is 1.86 bits per heavy atom. The zero-order valence-electron chi connectivity index (χ0n) is 23.2. The average Bonchev–Trinajstić information content (AvgIpc) is 2.74. The maximum absolute atomic E-state index is 14.2. The van der Waals surface area contributed by atoms with Gasteiger partial charge in [0, 0.05) is 12.8 Å². The summed E-state index contributed by atoms with van der Waals surface area (Å²) in [7, 11) is -5.12. The van der Waals surface area contributed by atoms with E-state index in [1.807, 2.05) is 25.7 Å². The lowest BCUT2D eigenvalue weighted by molar-refractivity contribution is -0.354. The molecule has 0 aliphatic rings. The molecule has 0 radical (unpaired) electrons. The number of hydrogen-bond donors (Lipinski definition) is 0. The highest BCUT2D eigenvalue weighted by molar-refractivity contribution is 6.83. The number of alkyl halides is 7. The Morgan fingerprint density at radius 2 is 1.41 bits per heavy atom. The van der Waals surface area contributed by atoms with Crippen LogP contribution in [-0.2, 0) is 4.43 Å². The van der Waals surface area contributed by atoms with Gasteiger partial charge >= 0.3 is 18.0 Å². The lowest BCUT2D eigenvalue weighted by Gasteiger charge is -2.41. The number of hydrogen-bond acceptors (Lipinski definition) is 1. The van der Waals surface area contributed by atoms with Crippen LogP contribution < -0.4 is 0 Å². The molecule has 0 aromatic rings. The molecule has 0 amide bonds. The van der Waals surface area contributed by atoms with Gasteiger partial charge in [0.25, 0.3) is 0 Å². The summed E-state index contributed by atoms with van der Waals surface area (Å²) >= 11 is 0. The second-order valence-corrected chi connectivity index (χ2v) is 20.9. The fraction of sp³-hybridized carbons (Fsp3) is 0.778. The standard InChI is InChI=1S/C27H43F7OSi2/c1-9-10-11-12-13-14-15-16-17-24(18-20-36(6,7)8)35-37(22(2)3,23(4)5)21-19-25(28,29)26(30,31)27(32,33)34/h1,16-17,22-24H,10-15,19,21H2,2-8H3/b17-16+/t24-/m1/s1. The van der Waals surface area contributed by atoms with Gasteiger partial charge in [-0.25, -0.2) is 0 Å². The van der Waals surface area contributed by atoms with Gasteiger partial charge in [-0.1, -0.05) is 72.2 Å². The molecule has 0 aliphatic carbocycles. The Bertz CT molecular complexity index is 802. The molecule has 0 spiro atoms. The first-order chi connectivity index (χ1) is 16.7. The Morgan fingerprint density at radius 1 is 0.865 bits per heavy atom. The van der Waals surface area contributed by atoms with Gasteiger partial charge in [0.1, 0.15) is 14.2 Å². The van der Waals surface area contributed by atoms with Gasteiger partial charge < -0.3 is 4.43 Å². The topological polar surface area (TPSA) is 9.23 Å². The molecule has 0 saturated carbocycles. The third-order valence-corrected chi connectivity index (χ3v) is 12.8. The predicted molar refractivity (Wildman–Crippen MR) is 143 cm³/mol. The molecule has 1 nitrogen and oxygen atoms in total. The second-order valence-electron chi connectivity index (χ2n) is 11.2. The number of rotatable bonds is 15. The molecule has 0 rings (SSSR count). The third kappa shape index (κ3) is 11.6. The van der Waals surface area contributed by atoms with Gasteiger partial charge in [-0.2, -0.15) is 30.7 Å². The molecular weight excluding hydrogens is 529 g/mol. The van der Waals surface area contributed by atoms with Gasteiger partial charge in [0.2, 0.25) is 0 Å². The van der Waals surface area contributed by atoms with Crippen LogP contribution >= 0.6 is 0 Å². The van der Waals surface area contributed by atoms with Gasteiger partial charge in [-0.05, 0) is 42.5 Å². The molecule has 0 unspecified atom stereocenters. The van der Waals surface area contributed by atoms with E-state index in [9.17, 15) is 30.7 Å². The minimum absolute atomic E-state index is 0.316. The Hall–Kier alpha value is -1.24. The molecule has 10 heteroatoms. The predicted octanol–water partition coefficient (Wildman–Crippen LogP) is 9.77. The van der Waals surface area contributed by atoms with E-state index in [1.54, 1.807) is 33.8 Å². The number of allylic oxidation sites excluding steroid dienone is 1. The normalized spacial score (nSPS) is 14.7. The molecule has 0 bridgehead atoms. The molecule has 214 valence electrons. The molecule has 0 aliphatic heterocycles. The Balaban J connectivity index is 5.91. The SMILES string of the molecule is C#CCCCCCC/C=C/[C@H](C#C[Si](C)(C)C)O[Si](CCC(F)(F)C(F)(F)C(F)(F)F)(C(C)C)C(C)C. The zero-order chi connectivity index (χ0) is 29.1. The highest BCUT2D eigenvalue weighted by Crippen LogP contribution is 2.50. The molecular formula is C27H43F7OSi2. The fourth-order valence-corrected chi connectivity index (χ4v) is 9.04. The second kappa shape index (κ2) is 14.8. The van der Waals surface area contributed by atoms with Crippen molar-refractivity contribution in [2.24, 2.45) is 0 Å². The van der Waals surface area contributed by atoms with Crippen molar-refractivity contribution in [2.75, 3.05) is 0 Å². The molecule has 0 saturated heterocycles. The molecule has 1 atom stereocenters. The van der Waals surface area contributed by atoms with E-state index in [0.29, 0.717) is 0 Å². The molecule has 0 N–H and O–H groups in total. The summed E-state index contributed by atoms with van der Waals surface area (Å²) in [5, 5.41) is 0. The minimum atomic E-state index is -6.34. The van der Waals surface area contributed by atoms with E-state index in [-0.39, 0.29) is 11.1 Å². The first-order valence-corrected chi connectivity index (χ1v) is 18.6. The quantitative estimate of drug-likeness (QED) is 0.0624. The highest BCUT2D eigenvalue weighted by atomic mass is 28.4. The average molecular weight is 573 g/mol. The summed E-state index contributed by atoms with van der Waals surface area (Å²) < 4.78 is 100. The van der Waals surface area contributed by atoms with Gasteiger partial charge in [-0.15, -0.1) is 17.9 Å². The van der Waals surface area contributed by atoms with Crippen molar-refractivity contribution in [2.45, 2.75) is 134 Å². The van der Waals surface area contributed by atoms with Crippen LogP contribution in [0.4, 0.5) is 30.7 Å². The van der Waals surface area contributed by atoms with E-state index in [2.05, 4.69) is 17.4 Å². The van der Waals surface area contributed by atoms with Crippen LogP contribution in [0.1, 0.15) is 72.6 Å². The van der Waals surface area contributed by atoms with Crippen molar-refractivity contribution in [1.82, 2.24) is 0 Å². The van der Waals surface area contributed by atoms with Crippen LogP contribution in [0.25, 0.3) is 0 Å². The van der Waals surface area contributed by atoms with Crippen LogP contribution in [-0.4, -0.2) is 40.5 Å². The maximum atomic E-state index is 14.2. The summed E-state index contributed by atoms with van der Waals surface area (Å²) in [5.74, 6) is -5.67.